The van der Waals surface area contributed by atoms with Crippen molar-refractivity contribution >= 4 is 32.8 Å². The molecular formula is C19H21FN2S2. The van der Waals surface area contributed by atoms with E-state index in [-0.39, 0.29) is 0 Å². The number of hydrogen-bond acceptors (Lipinski definition) is 4. The Morgan fingerprint density at radius 2 is 2.25 bits per heavy atom. The van der Waals surface area contributed by atoms with Crippen molar-refractivity contribution in [3.63, 3.8) is 0 Å². The molecule has 1 aliphatic heterocycles. The minimum atomic E-state index is -0.638. The predicted molar refractivity (Wildman–Crippen MR) is 101 cm³/mol. The van der Waals surface area contributed by atoms with Gasteiger partial charge in [0, 0.05) is 40.5 Å². The minimum absolute atomic E-state index is 0.301. The van der Waals surface area contributed by atoms with Crippen molar-refractivity contribution in [2.24, 2.45) is 0 Å². The normalized spacial score (nSPS) is 20.0. The molecule has 1 aliphatic rings. The van der Waals surface area contributed by atoms with E-state index in [4.69, 9.17) is 0 Å². The van der Waals surface area contributed by atoms with Gasteiger partial charge >= 0.3 is 0 Å². The number of alkyl halides is 1. The summed E-state index contributed by atoms with van der Waals surface area (Å²) in [4.78, 5) is 8.22. The number of thiazole rings is 1. The number of hydrogen-bond donors (Lipinski definition) is 0. The van der Waals surface area contributed by atoms with Gasteiger partial charge in [-0.05, 0) is 29.9 Å². The summed E-state index contributed by atoms with van der Waals surface area (Å²) in [7, 11) is 0. The SMILES string of the molecule is CC(c1cscn1)c1c(CCN2CCC(F)C2)sc2ccccc12. The zero-order valence-electron chi connectivity index (χ0n) is 13.7. The Morgan fingerprint density at radius 1 is 1.38 bits per heavy atom. The number of thiophene rings is 1. The number of aromatic nitrogens is 1. The molecule has 1 aromatic carbocycles. The standard InChI is InChI=1S/C19H21FN2S2/c1-13(16-11-23-12-21-16)19-15-4-2-3-5-17(15)24-18(19)7-9-22-8-6-14(20)10-22/h2-5,11-14H,6-10H2,1H3. The van der Waals surface area contributed by atoms with E-state index in [1.54, 1.807) is 11.3 Å². The lowest BCUT2D eigenvalue weighted by Gasteiger charge is -2.16. The summed E-state index contributed by atoms with van der Waals surface area (Å²) in [6.45, 7) is 4.69. The molecule has 126 valence electrons. The highest BCUT2D eigenvalue weighted by molar-refractivity contribution is 7.19. The molecule has 4 rings (SSSR count). The topological polar surface area (TPSA) is 16.1 Å². The molecular weight excluding hydrogens is 339 g/mol. The second kappa shape index (κ2) is 6.90. The van der Waals surface area contributed by atoms with Crippen LogP contribution < -0.4 is 0 Å². The largest absolute Gasteiger partial charge is 0.300 e. The number of halogens is 1. The van der Waals surface area contributed by atoms with Gasteiger partial charge in [-0.25, -0.2) is 9.37 Å². The number of likely N-dealkylation sites (tertiary alicyclic amines) is 1. The third-order valence-corrected chi connectivity index (χ3v) is 6.76. The van der Waals surface area contributed by atoms with E-state index in [0.717, 1.165) is 25.2 Å². The van der Waals surface area contributed by atoms with Crippen LogP contribution in [0.1, 0.15) is 35.4 Å². The molecule has 0 aliphatic carbocycles. The summed E-state index contributed by atoms with van der Waals surface area (Å²) in [6, 6.07) is 8.65. The Bertz CT molecular complexity index is 812. The molecule has 1 saturated heterocycles. The van der Waals surface area contributed by atoms with Crippen LogP contribution in [0.4, 0.5) is 4.39 Å². The van der Waals surface area contributed by atoms with Gasteiger partial charge in [-0.2, -0.15) is 0 Å². The maximum absolute atomic E-state index is 13.4. The molecule has 3 heterocycles. The molecule has 2 nitrogen and oxygen atoms in total. The first-order chi connectivity index (χ1) is 11.7. The molecule has 0 saturated carbocycles. The molecule has 2 unspecified atom stereocenters. The summed E-state index contributed by atoms with van der Waals surface area (Å²) in [5.74, 6) is 0.301. The zero-order valence-corrected chi connectivity index (χ0v) is 15.4. The van der Waals surface area contributed by atoms with Gasteiger partial charge in [-0.15, -0.1) is 22.7 Å². The minimum Gasteiger partial charge on any atom is -0.300 e. The van der Waals surface area contributed by atoms with E-state index in [0.29, 0.717) is 18.9 Å². The van der Waals surface area contributed by atoms with Crippen LogP contribution in [0.3, 0.4) is 0 Å². The maximum Gasteiger partial charge on any atom is 0.114 e. The summed E-state index contributed by atoms with van der Waals surface area (Å²) in [5, 5.41) is 3.50. The van der Waals surface area contributed by atoms with Gasteiger partial charge in [0.15, 0.2) is 0 Å². The Hall–Kier alpha value is -1.30. The first-order valence-corrected chi connectivity index (χ1v) is 10.2. The van der Waals surface area contributed by atoms with Crippen LogP contribution >= 0.6 is 22.7 Å². The highest BCUT2D eigenvalue weighted by atomic mass is 32.1. The molecule has 0 amide bonds. The van der Waals surface area contributed by atoms with Crippen molar-refractivity contribution in [2.75, 3.05) is 19.6 Å². The summed E-state index contributed by atoms with van der Waals surface area (Å²) >= 11 is 3.54. The average Bonchev–Trinajstić information content (AvgIpc) is 3.31. The zero-order chi connectivity index (χ0) is 16.5. The quantitative estimate of drug-likeness (QED) is 0.629. The molecule has 2 atom stereocenters. The average molecular weight is 361 g/mol. The molecule has 1 fully saturated rings. The third-order valence-electron chi connectivity index (χ3n) is 4.91. The number of nitrogens with zero attached hydrogens (tertiary/aromatic N) is 2. The number of rotatable bonds is 5. The first kappa shape index (κ1) is 16.2. The fraction of sp³-hybridized carbons (Fsp3) is 0.421. The summed E-state index contributed by atoms with van der Waals surface area (Å²) < 4.78 is 14.8. The van der Waals surface area contributed by atoms with Crippen molar-refractivity contribution < 1.29 is 4.39 Å². The lowest BCUT2D eigenvalue weighted by molar-refractivity contribution is 0.290. The highest BCUT2D eigenvalue weighted by Gasteiger charge is 2.24. The van der Waals surface area contributed by atoms with Crippen molar-refractivity contribution in [3.05, 3.63) is 51.3 Å². The Kier molecular flexibility index (Phi) is 4.66. The number of fused-ring (bicyclic) bond motifs is 1. The van der Waals surface area contributed by atoms with E-state index in [1.165, 1.54) is 20.5 Å². The first-order valence-electron chi connectivity index (χ1n) is 8.47. The van der Waals surface area contributed by atoms with Gasteiger partial charge in [0.2, 0.25) is 0 Å². The molecule has 5 heteroatoms. The van der Waals surface area contributed by atoms with E-state index in [1.807, 2.05) is 16.8 Å². The van der Waals surface area contributed by atoms with E-state index < -0.39 is 6.17 Å². The van der Waals surface area contributed by atoms with E-state index in [9.17, 15) is 4.39 Å². The van der Waals surface area contributed by atoms with Crippen LogP contribution in [-0.4, -0.2) is 35.7 Å². The highest BCUT2D eigenvalue weighted by Crippen LogP contribution is 2.39. The smallest absolute Gasteiger partial charge is 0.114 e. The third kappa shape index (κ3) is 3.13. The van der Waals surface area contributed by atoms with Gasteiger partial charge in [0.05, 0.1) is 11.2 Å². The van der Waals surface area contributed by atoms with Gasteiger partial charge in [-0.1, -0.05) is 25.1 Å². The Morgan fingerprint density at radius 3 is 3.00 bits per heavy atom. The van der Waals surface area contributed by atoms with Crippen LogP contribution in [0.5, 0.6) is 0 Å². The summed E-state index contributed by atoms with van der Waals surface area (Å²) in [6.07, 6.45) is 1.05. The van der Waals surface area contributed by atoms with Crippen LogP contribution in [-0.2, 0) is 6.42 Å². The van der Waals surface area contributed by atoms with E-state index in [2.05, 4.69) is 46.5 Å². The molecule has 2 aromatic heterocycles. The lowest BCUT2D eigenvalue weighted by atomic mass is 9.94. The second-order valence-electron chi connectivity index (χ2n) is 6.51. The predicted octanol–water partition coefficient (Wildman–Crippen LogP) is 5.10. The van der Waals surface area contributed by atoms with Crippen molar-refractivity contribution in [1.82, 2.24) is 9.88 Å². The van der Waals surface area contributed by atoms with Crippen molar-refractivity contribution in [3.8, 4) is 0 Å². The Labute approximate surface area is 150 Å². The molecule has 0 spiro atoms. The monoisotopic (exact) mass is 360 g/mol. The van der Waals surface area contributed by atoms with E-state index >= 15 is 0 Å². The molecule has 0 radical (unpaired) electrons. The van der Waals surface area contributed by atoms with Gasteiger partial charge in [0.25, 0.3) is 0 Å². The van der Waals surface area contributed by atoms with Gasteiger partial charge in [0.1, 0.15) is 6.17 Å². The Balaban J connectivity index is 1.65. The number of benzene rings is 1. The van der Waals surface area contributed by atoms with Crippen LogP contribution in [0.15, 0.2) is 35.2 Å². The fourth-order valence-electron chi connectivity index (χ4n) is 3.61. The fourth-order valence-corrected chi connectivity index (χ4v) is 5.55. The van der Waals surface area contributed by atoms with Crippen LogP contribution in [0.2, 0.25) is 0 Å². The van der Waals surface area contributed by atoms with Gasteiger partial charge in [-0.3, -0.25) is 4.90 Å². The van der Waals surface area contributed by atoms with Crippen LogP contribution in [0, 0.1) is 0 Å². The lowest BCUT2D eigenvalue weighted by Crippen LogP contribution is -2.23. The maximum atomic E-state index is 13.4. The molecule has 3 aromatic rings. The van der Waals surface area contributed by atoms with Gasteiger partial charge < -0.3 is 0 Å². The molecule has 0 N–H and O–H groups in total. The van der Waals surface area contributed by atoms with Crippen LogP contribution in [0.25, 0.3) is 10.1 Å². The summed E-state index contributed by atoms with van der Waals surface area (Å²) in [5.41, 5.74) is 4.47. The second-order valence-corrected chi connectivity index (χ2v) is 8.36. The molecule has 24 heavy (non-hydrogen) atoms. The van der Waals surface area contributed by atoms with Crippen molar-refractivity contribution in [1.29, 1.82) is 0 Å². The molecule has 0 bridgehead atoms. The van der Waals surface area contributed by atoms with Crippen molar-refractivity contribution in [2.45, 2.75) is 31.9 Å².